The van der Waals surface area contributed by atoms with E-state index in [0.717, 1.165) is 6.54 Å². The van der Waals surface area contributed by atoms with E-state index in [1.165, 1.54) is 5.56 Å². The Bertz CT molecular complexity index is 193. The van der Waals surface area contributed by atoms with Crippen molar-refractivity contribution in [2.45, 2.75) is 13.0 Å². The lowest BCUT2D eigenvalue weighted by Gasteiger charge is -2.11. The Morgan fingerprint density at radius 2 is 2.00 bits per heavy atom. The maximum atomic E-state index is 3.99. The lowest BCUT2D eigenvalue weighted by molar-refractivity contribution is 0.645. The SMILES string of the molecule is [CH2]C(NCC)c1ccccc1. The molecule has 0 heterocycles. The number of rotatable bonds is 3. The molecule has 0 aliphatic carbocycles. The molecule has 0 bridgehead atoms. The molecule has 0 saturated heterocycles. The summed E-state index contributed by atoms with van der Waals surface area (Å²) in [5.74, 6) is 0. The van der Waals surface area contributed by atoms with Crippen molar-refractivity contribution in [3.63, 3.8) is 0 Å². The summed E-state index contributed by atoms with van der Waals surface area (Å²) in [5, 5.41) is 3.25. The summed E-state index contributed by atoms with van der Waals surface area (Å²) in [7, 11) is 0. The minimum Gasteiger partial charge on any atom is -0.310 e. The van der Waals surface area contributed by atoms with Crippen LogP contribution in [-0.4, -0.2) is 6.54 Å². The van der Waals surface area contributed by atoms with Gasteiger partial charge in [-0.15, -0.1) is 0 Å². The van der Waals surface area contributed by atoms with Crippen LogP contribution in [0.4, 0.5) is 0 Å². The normalized spacial score (nSPS) is 12.9. The monoisotopic (exact) mass is 148 g/mol. The van der Waals surface area contributed by atoms with Gasteiger partial charge in [0, 0.05) is 6.04 Å². The van der Waals surface area contributed by atoms with Gasteiger partial charge in [0.25, 0.3) is 0 Å². The summed E-state index contributed by atoms with van der Waals surface area (Å²) in [5.41, 5.74) is 1.24. The van der Waals surface area contributed by atoms with Crippen molar-refractivity contribution in [3.8, 4) is 0 Å². The summed E-state index contributed by atoms with van der Waals surface area (Å²) in [4.78, 5) is 0. The van der Waals surface area contributed by atoms with E-state index in [1.54, 1.807) is 0 Å². The number of hydrogen-bond donors (Lipinski definition) is 1. The molecule has 1 rings (SSSR count). The molecular weight excluding hydrogens is 134 g/mol. The van der Waals surface area contributed by atoms with Crippen LogP contribution in [0.1, 0.15) is 18.5 Å². The molecule has 0 aliphatic heterocycles. The van der Waals surface area contributed by atoms with E-state index in [9.17, 15) is 0 Å². The van der Waals surface area contributed by atoms with Crippen LogP contribution < -0.4 is 5.32 Å². The van der Waals surface area contributed by atoms with Crippen molar-refractivity contribution in [2.24, 2.45) is 0 Å². The van der Waals surface area contributed by atoms with Gasteiger partial charge >= 0.3 is 0 Å². The van der Waals surface area contributed by atoms with Crippen molar-refractivity contribution in [2.75, 3.05) is 6.54 Å². The Balaban J connectivity index is 2.61. The van der Waals surface area contributed by atoms with E-state index in [0.29, 0.717) is 0 Å². The van der Waals surface area contributed by atoms with Gasteiger partial charge in [0.2, 0.25) is 0 Å². The molecule has 59 valence electrons. The van der Waals surface area contributed by atoms with Gasteiger partial charge in [-0.2, -0.15) is 0 Å². The molecule has 0 aliphatic rings. The minimum atomic E-state index is 0.223. The molecule has 1 heteroatoms. The molecule has 0 spiro atoms. The Morgan fingerprint density at radius 3 is 2.55 bits per heavy atom. The topological polar surface area (TPSA) is 12.0 Å². The first-order valence-electron chi connectivity index (χ1n) is 3.96. The fraction of sp³-hybridized carbons (Fsp3) is 0.300. The molecule has 1 N–H and O–H groups in total. The van der Waals surface area contributed by atoms with Gasteiger partial charge in [0.1, 0.15) is 0 Å². The predicted octanol–water partition coefficient (Wildman–Crippen LogP) is 2.17. The fourth-order valence-electron chi connectivity index (χ4n) is 1.05. The number of hydrogen-bond acceptors (Lipinski definition) is 1. The highest BCUT2D eigenvalue weighted by Gasteiger charge is 2.00. The van der Waals surface area contributed by atoms with Crippen LogP contribution in [0.15, 0.2) is 30.3 Å². The molecule has 11 heavy (non-hydrogen) atoms. The maximum Gasteiger partial charge on any atom is 0.0320 e. The third kappa shape index (κ3) is 2.35. The summed E-state index contributed by atoms with van der Waals surface area (Å²) in [6.45, 7) is 7.03. The van der Waals surface area contributed by atoms with Crippen LogP contribution in [0.5, 0.6) is 0 Å². The zero-order valence-electron chi connectivity index (χ0n) is 6.88. The van der Waals surface area contributed by atoms with Gasteiger partial charge in [-0.3, -0.25) is 0 Å². The van der Waals surface area contributed by atoms with E-state index in [-0.39, 0.29) is 6.04 Å². The zero-order valence-corrected chi connectivity index (χ0v) is 6.88. The second kappa shape index (κ2) is 4.14. The zero-order chi connectivity index (χ0) is 8.10. The number of nitrogens with one attached hydrogen (secondary N) is 1. The highest BCUT2D eigenvalue weighted by Crippen LogP contribution is 2.09. The highest BCUT2D eigenvalue weighted by atomic mass is 14.9. The fourth-order valence-corrected chi connectivity index (χ4v) is 1.05. The Kier molecular flexibility index (Phi) is 3.12. The molecule has 1 nitrogen and oxygen atoms in total. The second-order valence-corrected chi connectivity index (χ2v) is 2.52. The maximum absolute atomic E-state index is 3.99. The molecule has 0 amide bonds. The van der Waals surface area contributed by atoms with Gasteiger partial charge in [-0.1, -0.05) is 37.3 Å². The lowest BCUT2D eigenvalue weighted by Crippen LogP contribution is -2.17. The average Bonchev–Trinajstić information content (AvgIpc) is 2.07. The first kappa shape index (κ1) is 8.28. The van der Waals surface area contributed by atoms with E-state index >= 15 is 0 Å². The largest absolute Gasteiger partial charge is 0.310 e. The smallest absolute Gasteiger partial charge is 0.0320 e. The molecule has 1 radical (unpaired) electrons. The van der Waals surface area contributed by atoms with Crippen molar-refractivity contribution >= 4 is 0 Å². The molecule has 1 unspecified atom stereocenters. The molecule has 0 saturated carbocycles. The van der Waals surface area contributed by atoms with Gasteiger partial charge in [-0.25, -0.2) is 0 Å². The van der Waals surface area contributed by atoms with Gasteiger partial charge < -0.3 is 5.32 Å². The molecule has 1 aromatic carbocycles. The Morgan fingerprint density at radius 1 is 1.36 bits per heavy atom. The van der Waals surface area contributed by atoms with E-state index in [1.807, 2.05) is 18.2 Å². The van der Waals surface area contributed by atoms with E-state index in [4.69, 9.17) is 0 Å². The number of benzene rings is 1. The van der Waals surface area contributed by atoms with Crippen molar-refractivity contribution in [3.05, 3.63) is 42.8 Å². The summed E-state index contributed by atoms with van der Waals surface area (Å²) in [6.07, 6.45) is 0. The lowest BCUT2D eigenvalue weighted by atomic mass is 10.1. The van der Waals surface area contributed by atoms with Crippen molar-refractivity contribution < 1.29 is 0 Å². The first-order chi connectivity index (χ1) is 5.34. The Hall–Kier alpha value is -0.820. The van der Waals surface area contributed by atoms with Crippen molar-refractivity contribution in [1.29, 1.82) is 0 Å². The quantitative estimate of drug-likeness (QED) is 0.692. The van der Waals surface area contributed by atoms with E-state index < -0.39 is 0 Å². The molecule has 1 atom stereocenters. The standard InChI is InChI=1S/C10H14N/c1-3-11-9(2)10-7-5-4-6-8-10/h4-9,11H,2-3H2,1H3. The van der Waals surface area contributed by atoms with Crippen LogP contribution in [0.3, 0.4) is 0 Å². The van der Waals surface area contributed by atoms with Crippen LogP contribution in [-0.2, 0) is 0 Å². The third-order valence-corrected chi connectivity index (χ3v) is 1.65. The first-order valence-corrected chi connectivity index (χ1v) is 3.96. The third-order valence-electron chi connectivity index (χ3n) is 1.65. The highest BCUT2D eigenvalue weighted by molar-refractivity contribution is 5.19. The minimum absolute atomic E-state index is 0.223. The van der Waals surface area contributed by atoms with Crippen LogP contribution in [0, 0.1) is 6.92 Å². The van der Waals surface area contributed by atoms with Gasteiger partial charge in [0.05, 0.1) is 0 Å². The van der Waals surface area contributed by atoms with Gasteiger partial charge in [0.15, 0.2) is 0 Å². The van der Waals surface area contributed by atoms with Gasteiger partial charge in [-0.05, 0) is 19.0 Å². The molecular formula is C10H14N. The summed E-state index contributed by atoms with van der Waals surface area (Å²) in [6, 6.07) is 10.5. The molecule has 0 fully saturated rings. The van der Waals surface area contributed by atoms with Crippen LogP contribution in [0.2, 0.25) is 0 Å². The molecule has 0 aromatic heterocycles. The van der Waals surface area contributed by atoms with Crippen LogP contribution >= 0.6 is 0 Å². The predicted molar refractivity (Wildman–Crippen MR) is 48.2 cm³/mol. The average molecular weight is 148 g/mol. The van der Waals surface area contributed by atoms with E-state index in [2.05, 4.69) is 31.3 Å². The molecule has 1 aromatic rings. The van der Waals surface area contributed by atoms with Crippen LogP contribution in [0.25, 0.3) is 0 Å². The summed E-state index contributed by atoms with van der Waals surface area (Å²) < 4.78 is 0. The second-order valence-electron chi connectivity index (χ2n) is 2.52. The van der Waals surface area contributed by atoms with Crippen molar-refractivity contribution in [1.82, 2.24) is 5.32 Å². The summed E-state index contributed by atoms with van der Waals surface area (Å²) >= 11 is 0. The Labute approximate surface area is 68.4 Å².